The van der Waals surface area contributed by atoms with Gasteiger partial charge in [-0.2, -0.15) is 0 Å². The van der Waals surface area contributed by atoms with E-state index in [2.05, 4.69) is 0 Å². The minimum atomic E-state index is -3.44. The number of halogens is 1. The maximum absolute atomic E-state index is 13.0. The summed E-state index contributed by atoms with van der Waals surface area (Å²) in [6.07, 6.45) is 0.162. The Morgan fingerprint density at radius 1 is 1.53 bits per heavy atom. The fourth-order valence-electron chi connectivity index (χ4n) is 2.33. The first-order chi connectivity index (χ1) is 8.88. The zero-order valence-electron chi connectivity index (χ0n) is 10.8. The van der Waals surface area contributed by atoms with Crippen LogP contribution in [-0.2, 0) is 15.8 Å². The van der Waals surface area contributed by atoms with E-state index in [0.717, 1.165) is 0 Å². The SMILES string of the molecule is CC(O)C1CCN(S(=O)(=O)Cc2cccc(F)c2)C1. The van der Waals surface area contributed by atoms with Gasteiger partial charge >= 0.3 is 0 Å². The number of benzene rings is 1. The first-order valence-corrected chi connectivity index (χ1v) is 7.90. The number of sulfonamides is 1. The van der Waals surface area contributed by atoms with Crippen LogP contribution in [0.25, 0.3) is 0 Å². The number of hydrogen-bond donors (Lipinski definition) is 1. The average Bonchev–Trinajstić information content (AvgIpc) is 2.78. The molecule has 1 N–H and O–H groups in total. The van der Waals surface area contributed by atoms with Crippen molar-refractivity contribution in [2.75, 3.05) is 13.1 Å². The number of aliphatic hydroxyl groups excluding tert-OH is 1. The van der Waals surface area contributed by atoms with Gasteiger partial charge in [-0.05, 0) is 37.0 Å². The van der Waals surface area contributed by atoms with Gasteiger partial charge < -0.3 is 5.11 Å². The lowest BCUT2D eigenvalue weighted by Gasteiger charge is -2.17. The summed E-state index contributed by atoms with van der Waals surface area (Å²) in [5.74, 6) is -0.643. The normalized spacial score (nSPS) is 22.6. The molecule has 4 nitrogen and oxygen atoms in total. The maximum atomic E-state index is 13.0. The van der Waals surface area contributed by atoms with Gasteiger partial charge in [-0.25, -0.2) is 17.1 Å². The minimum Gasteiger partial charge on any atom is -0.393 e. The van der Waals surface area contributed by atoms with Gasteiger partial charge in [0.05, 0.1) is 11.9 Å². The molecule has 1 aliphatic heterocycles. The van der Waals surface area contributed by atoms with Crippen molar-refractivity contribution in [3.8, 4) is 0 Å². The van der Waals surface area contributed by atoms with Crippen LogP contribution in [0.5, 0.6) is 0 Å². The Morgan fingerprint density at radius 3 is 2.84 bits per heavy atom. The second kappa shape index (κ2) is 5.56. The van der Waals surface area contributed by atoms with Crippen molar-refractivity contribution >= 4 is 10.0 Å². The Hall–Kier alpha value is -0.980. The van der Waals surface area contributed by atoms with Crippen LogP contribution in [0.4, 0.5) is 4.39 Å². The van der Waals surface area contributed by atoms with Gasteiger partial charge in [0.25, 0.3) is 0 Å². The Balaban J connectivity index is 2.07. The maximum Gasteiger partial charge on any atom is 0.218 e. The molecule has 19 heavy (non-hydrogen) atoms. The lowest BCUT2D eigenvalue weighted by molar-refractivity contribution is 0.133. The summed E-state index contributed by atoms with van der Waals surface area (Å²) in [5, 5.41) is 9.49. The molecule has 1 fully saturated rings. The molecule has 1 aromatic carbocycles. The molecule has 1 aromatic rings. The van der Waals surface area contributed by atoms with Crippen molar-refractivity contribution in [1.29, 1.82) is 0 Å². The predicted octanol–water partition coefficient (Wildman–Crippen LogP) is 1.36. The van der Waals surface area contributed by atoms with Crippen molar-refractivity contribution in [1.82, 2.24) is 4.31 Å². The highest BCUT2D eigenvalue weighted by molar-refractivity contribution is 7.88. The van der Waals surface area contributed by atoms with Crippen LogP contribution in [0.1, 0.15) is 18.9 Å². The third-order valence-electron chi connectivity index (χ3n) is 3.50. The van der Waals surface area contributed by atoms with Crippen LogP contribution >= 0.6 is 0 Å². The van der Waals surface area contributed by atoms with Crippen LogP contribution in [0.15, 0.2) is 24.3 Å². The first kappa shape index (κ1) is 14.4. The standard InChI is InChI=1S/C13H18FNO3S/c1-10(16)12-5-6-15(8-12)19(17,18)9-11-3-2-4-13(14)7-11/h2-4,7,10,12,16H,5-6,8-9H2,1H3. The Bertz CT molecular complexity index is 545. The van der Waals surface area contributed by atoms with E-state index in [4.69, 9.17) is 0 Å². The van der Waals surface area contributed by atoms with Gasteiger partial charge in [0.15, 0.2) is 0 Å². The average molecular weight is 287 g/mol. The molecule has 2 unspecified atom stereocenters. The van der Waals surface area contributed by atoms with Gasteiger partial charge in [-0.1, -0.05) is 12.1 Å². The Labute approximate surface area is 112 Å². The lowest BCUT2D eigenvalue weighted by atomic mass is 10.0. The molecule has 1 aliphatic rings. The predicted molar refractivity (Wildman–Crippen MR) is 70.4 cm³/mol. The molecule has 0 bridgehead atoms. The largest absolute Gasteiger partial charge is 0.393 e. The van der Waals surface area contributed by atoms with E-state index < -0.39 is 21.9 Å². The van der Waals surface area contributed by atoms with Crippen LogP contribution in [0.3, 0.4) is 0 Å². The van der Waals surface area contributed by atoms with E-state index in [1.807, 2.05) is 0 Å². The van der Waals surface area contributed by atoms with Crippen LogP contribution in [0.2, 0.25) is 0 Å². The molecular formula is C13H18FNO3S. The van der Waals surface area contributed by atoms with Crippen LogP contribution in [-0.4, -0.2) is 37.0 Å². The zero-order valence-corrected chi connectivity index (χ0v) is 11.6. The summed E-state index contributed by atoms with van der Waals surface area (Å²) >= 11 is 0. The molecule has 106 valence electrons. The molecule has 0 amide bonds. The zero-order chi connectivity index (χ0) is 14.0. The molecule has 0 aromatic heterocycles. The molecule has 2 rings (SSSR count). The van der Waals surface area contributed by atoms with Crippen molar-refractivity contribution < 1.29 is 17.9 Å². The summed E-state index contributed by atoms with van der Waals surface area (Å²) in [5.41, 5.74) is 0.445. The van der Waals surface area contributed by atoms with E-state index in [0.29, 0.717) is 25.1 Å². The molecule has 6 heteroatoms. The van der Waals surface area contributed by atoms with Crippen LogP contribution < -0.4 is 0 Å². The highest BCUT2D eigenvalue weighted by Gasteiger charge is 2.33. The van der Waals surface area contributed by atoms with Gasteiger partial charge in [-0.15, -0.1) is 0 Å². The van der Waals surface area contributed by atoms with E-state index in [-0.39, 0.29) is 11.7 Å². The second-order valence-corrected chi connectivity index (χ2v) is 7.00. The second-order valence-electron chi connectivity index (χ2n) is 5.03. The summed E-state index contributed by atoms with van der Waals surface area (Å²) in [6.45, 7) is 2.44. The van der Waals surface area contributed by atoms with Crippen molar-refractivity contribution in [2.45, 2.75) is 25.2 Å². The lowest BCUT2D eigenvalue weighted by Crippen LogP contribution is -2.31. The number of aliphatic hydroxyl groups is 1. The summed E-state index contributed by atoms with van der Waals surface area (Å²) < 4.78 is 38.8. The molecular weight excluding hydrogens is 269 g/mol. The van der Waals surface area contributed by atoms with E-state index >= 15 is 0 Å². The molecule has 0 aliphatic carbocycles. The fourth-order valence-corrected chi connectivity index (χ4v) is 3.91. The van der Waals surface area contributed by atoms with Crippen molar-refractivity contribution in [3.63, 3.8) is 0 Å². The number of rotatable bonds is 4. The molecule has 1 heterocycles. The van der Waals surface area contributed by atoms with E-state index in [9.17, 15) is 17.9 Å². The highest BCUT2D eigenvalue weighted by atomic mass is 32.2. The Kier molecular flexibility index (Phi) is 4.23. The molecule has 2 atom stereocenters. The quantitative estimate of drug-likeness (QED) is 0.909. The molecule has 0 radical (unpaired) electrons. The summed E-state index contributed by atoms with van der Waals surface area (Å²) in [4.78, 5) is 0. The van der Waals surface area contributed by atoms with Gasteiger partial charge in [-0.3, -0.25) is 0 Å². The van der Waals surface area contributed by atoms with Crippen molar-refractivity contribution in [3.05, 3.63) is 35.6 Å². The van der Waals surface area contributed by atoms with Gasteiger partial charge in [0, 0.05) is 13.1 Å². The molecule has 1 saturated heterocycles. The third kappa shape index (κ3) is 3.52. The molecule has 0 saturated carbocycles. The van der Waals surface area contributed by atoms with Gasteiger partial charge in [0.2, 0.25) is 10.0 Å². The first-order valence-electron chi connectivity index (χ1n) is 6.29. The van der Waals surface area contributed by atoms with Crippen LogP contribution in [0, 0.1) is 11.7 Å². The monoisotopic (exact) mass is 287 g/mol. The summed E-state index contributed by atoms with van der Waals surface area (Å²) in [7, 11) is -3.44. The number of nitrogens with zero attached hydrogens (tertiary/aromatic N) is 1. The van der Waals surface area contributed by atoms with E-state index in [1.54, 1.807) is 13.0 Å². The fraction of sp³-hybridized carbons (Fsp3) is 0.538. The topological polar surface area (TPSA) is 57.6 Å². The van der Waals surface area contributed by atoms with Gasteiger partial charge in [0.1, 0.15) is 5.82 Å². The third-order valence-corrected chi connectivity index (χ3v) is 5.32. The minimum absolute atomic E-state index is 0.0118. The smallest absolute Gasteiger partial charge is 0.218 e. The Morgan fingerprint density at radius 2 is 2.26 bits per heavy atom. The number of hydrogen-bond acceptors (Lipinski definition) is 3. The highest BCUT2D eigenvalue weighted by Crippen LogP contribution is 2.24. The summed E-state index contributed by atoms with van der Waals surface area (Å²) in [6, 6.07) is 5.63. The van der Waals surface area contributed by atoms with Crippen molar-refractivity contribution in [2.24, 2.45) is 5.92 Å². The molecule has 0 spiro atoms. The van der Waals surface area contributed by atoms with E-state index in [1.165, 1.54) is 22.5 Å².